The van der Waals surface area contributed by atoms with E-state index < -0.39 is 76.3 Å². The lowest BCUT2D eigenvalue weighted by molar-refractivity contribution is -0.130. The minimum absolute atomic E-state index is 0.0444. The Morgan fingerprint density at radius 3 is 2.51 bits per heavy atom. The third-order valence-electron chi connectivity index (χ3n) is 8.67. The second-order valence-corrected chi connectivity index (χ2v) is 13.7. The van der Waals surface area contributed by atoms with Crippen molar-refractivity contribution in [2.24, 2.45) is 5.92 Å². The van der Waals surface area contributed by atoms with Gasteiger partial charge in [-0.2, -0.15) is 4.31 Å². The fourth-order valence-electron chi connectivity index (χ4n) is 6.53. The normalized spacial score (nSPS) is 25.9. The summed E-state index contributed by atoms with van der Waals surface area (Å²) in [4.78, 5) is 25.4. The first kappa shape index (κ1) is 31.2. The summed E-state index contributed by atoms with van der Waals surface area (Å²) in [6.45, 7) is 0.734. The Morgan fingerprint density at radius 2 is 1.84 bits per heavy atom. The zero-order chi connectivity index (χ0) is 30.9. The van der Waals surface area contributed by atoms with Crippen LogP contribution in [0.25, 0.3) is 0 Å². The van der Waals surface area contributed by atoms with Crippen LogP contribution < -0.4 is 16.0 Å². The van der Waals surface area contributed by atoms with E-state index in [9.17, 15) is 36.3 Å². The maximum absolute atomic E-state index is 15.1. The van der Waals surface area contributed by atoms with Crippen LogP contribution >= 0.6 is 0 Å². The standard InChI is InChI=1S/C29H34F4N4O5S/c30-19-8-6-17(7-9-19)25(18-13-29(32,33)14-18)26(36-28(39)40)27(38)35-24-5-1-4-23(31)22(24)11-10-21-15-34-20-3-2-12-43(41,42)37(21)16-20/h1,4-9,18,20-21,25-26,34,36H,2-3,10-16H2,(H,35,38)(H,39,40). The minimum Gasteiger partial charge on any atom is -0.465 e. The van der Waals surface area contributed by atoms with Gasteiger partial charge in [0.15, 0.2) is 0 Å². The summed E-state index contributed by atoms with van der Waals surface area (Å²) in [7, 11) is -3.47. The van der Waals surface area contributed by atoms with Crippen LogP contribution in [0, 0.1) is 17.6 Å². The quantitative estimate of drug-likeness (QED) is 0.311. The van der Waals surface area contributed by atoms with Gasteiger partial charge in [0.2, 0.25) is 21.9 Å². The molecule has 2 bridgehead atoms. The number of anilines is 1. The molecule has 1 aliphatic carbocycles. The number of carbonyl (C=O) groups excluding carboxylic acids is 1. The number of hydrogen-bond donors (Lipinski definition) is 4. The van der Waals surface area contributed by atoms with Crippen LogP contribution in [0.15, 0.2) is 42.5 Å². The van der Waals surface area contributed by atoms with Crippen molar-refractivity contribution in [3.63, 3.8) is 0 Å². The van der Waals surface area contributed by atoms with Crippen LogP contribution in [0.3, 0.4) is 0 Å². The SMILES string of the molecule is O=C(O)NC(C(=O)Nc1cccc(F)c1CCC1CNC2CCCS(=O)(=O)N1C2)C(c1ccc(F)cc1)C1CC(F)(F)C1. The van der Waals surface area contributed by atoms with Gasteiger partial charge in [-0.05, 0) is 61.4 Å². The van der Waals surface area contributed by atoms with E-state index in [2.05, 4.69) is 16.0 Å². The topological polar surface area (TPSA) is 128 Å². The van der Waals surface area contributed by atoms with E-state index in [1.165, 1.54) is 34.6 Å². The molecule has 5 rings (SSSR count). The van der Waals surface area contributed by atoms with E-state index in [0.717, 1.165) is 18.6 Å². The van der Waals surface area contributed by atoms with Gasteiger partial charge < -0.3 is 21.1 Å². The van der Waals surface area contributed by atoms with Crippen LogP contribution in [0.5, 0.6) is 0 Å². The molecule has 2 aliphatic heterocycles. The number of nitrogens with zero attached hydrogens (tertiary/aromatic N) is 1. The number of carboxylic acid groups (broad SMARTS) is 1. The summed E-state index contributed by atoms with van der Waals surface area (Å²) >= 11 is 0. The molecule has 0 radical (unpaired) electrons. The first-order valence-electron chi connectivity index (χ1n) is 14.3. The Bertz CT molecular complexity index is 1450. The first-order chi connectivity index (χ1) is 20.3. The van der Waals surface area contributed by atoms with Crippen LogP contribution in [0.4, 0.5) is 28.0 Å². The fourth-order valence-corrected chi connectivity index (χ4v) is 8.34. The van der Waals surface area contributed by atoms with Crippen molar-refractivity contribution in [3.8, 4) is 0 Å². The van der Waals surface area contributed by atoms with Gasteiger partial charge in [-0.1, -0.05) is 18.2 Å². The highest BCUT2D eigenvalue weighted by Crippen LogP contribution is 2.50. The van der Waals surface area contributed by atoms with Crippen LogP contribution in [-0.4, -0.2) is 72.7 Å². The van der Waals surface area contributed by atoms with E-state index in [1.807, 2.05) is 0 Å². The Balaban J connectivity index is 1.38. The number of halogens is 4. The van der Waals surface area contributed by atoms with E-state index in [0.29, 0.717) is 25.1 Å². The van der Waals surface area contributed by atoms with Crippen molar-refractivity contribution in [2.45, 2.75) is 68.5 Å². The molecule has 14 heteroatoms. The highest BCUT2D eigenvalue weighted by Gasteiger charge is 2.52. The molecular formula is C29H34F4N4O5S. The summed E-state index contributed by atoms with van der Waals surface area (Å²) in [6.07, 6.45) is -1.11. The maximum Gasteiger partial charge on any atom is 0.405 e. The molecular weight excluding hydrogens is 592 g/mol. The Hall–Kier alpha value is -3.23. The van der Waals surface area contributed by atoms with Crippen LogP contribution in [0.1, 0.15) is 49.1 Å². The number of hydrogen-bond acceptors (Lipinski definition) is 5. The Labute approximate surface area is 247 Å². The molecule has 5 unspecified atom stereocenters. The molecule has 0 spiro atoms. The molecule has 0 aromatic heterocycles. The van der Waals surface area contributed by atoms with Gasteiger partial charge in [0.05, 0.1) is 5.75 Å². The summed E-state index contributed by atoms with van der Waals surface area (Å²) < 4.78 is 83.8. The zero-order valence-electron chi connectivity index (χ0n) is 23.2. The van der Waals surface area contributed by atoms with Gasteiger partial charge in [-0.3, -0.25) is 4.79 Å². The van der Waals surface area contributed by atoms with Crippen molar-refractivity contribution in [2.75, 3.05) is 24.2 Å². The minimum atomic E-state index is -3.47. The number of nitrogens with one attached hydrogen (secondary N) is 3. The second-order valence-electron chi connectivity index (χ2n) is 11.6. The predicted molar refractivity (Wildman–Crippen MR) is 150 cm³/mol. The smallest absolute Gasteiger partial charge is 0.405 e. The number of benzene rings is 2. The highest BCUT2D eigenvalue weighted by atomic mass is 32.2. The van der Waals surface area contributed by atoms with E-state index in [4.69, 9.17) is 0 Å². The monoisotopic (exact) mass is 626 g/mol. The number of carbonyl (C=O) groups is 2. The average Bonchev–Trinajstić information content (AvgIpc) is 3.03. The molecule has 9 nitrogen and oxygen atoms in total. The summed E-state index contributed by atoms with van der Waals surface area (Å²) in [5, 5.41) is 17.6. The lowest BCUT2D eigenvalue weighted by atomic mass is 9.67. The number of piperazine rings is 1. The van der Waals surface area contributed by atoms with E-state index >= 15 is 4.39 Å². The predicted octanol–water partition coefficient (Wildman–Crippen LogP) is 4.07. The van der Waals surface area contributed by atoms with Crippen LogP contribution in [-0.2, 0) is 21.2 Å². The van der Waals surface area contributed by atoms with Crippen LogP contribution in [0.2, 0.25) is 0 Å². The number of amides is 2. The van der Waals surface area contributed by atoms with Gasteiger partial charge in [-0.25, -0.2) is 30.8 Å². The Morgan fingerprint density at radius 1 is 1.12 bits per heavy atom. The van der Waals surface area contributed by atoms with Crippen molar-refractivity contribution in [3.05, 3.63) is 65.2 Å². The molecule has 2 aromatic rings. The molecule has 2 heterocycles. The number of sulfonamides is 1. The van der Waals surface area contributed by atoms with Crippen molar-refractivity contribution in [1.29, 1.82) is 0 Å². The molecule has 5 atom stereocenters. The number of rotatable bonds is 9. The average molecular weight is 627 g/mol. The molecule has 4 N–H and O–H groups in total. The van der Waals surface area contributed by atoms with E-state index in [-0.39, 0.29) is 35.9 Å². The summed E-state index contributed by atoms with van der Waals surface area (Å²) in [5.74, 6) is -6.89. The van der Waals surface area contributed by atoms with Gasteiger partial charge in [0.25, 0.3) is 0 Å². The third kappa shape index (κ3) is 7.13. The zero-order valence-corrected chi connectivity index (χ0v) is 24.1. The molecule has 3 aliphatic rings. The van der Waals surface area contributed by atoms with E-state index in [1.54, 1.807) is 0 Å². The molecule has 2 aromatic carbocycles. The number of fused-ring (bicyclic) bond motifs is 2. The first-order valence-corrected chi connectivity index (χ1v) is 15.9. The van der Waals surface area contributed by atoms with Crippen molar-refractivity contribution in [1.82, 2.24) is 14.9 Å². The molecule has 2 saturated heterocycles. The largest absolute Gasteiger partial charge is 0.465 e. The van der Waals surface area contributed by atoms with Gasteiger partial charge in [-0.15, -0.1) is 0 Å². The van der Waals surface area contributed by atoms with Gasteiger partial charge >= 0.3 is 6.09 Å². The van der Waals surface area contributed by atoms with Gasteiger partial charge in [0, 0.05) is 55.2 Å². The summed E-state index contributed by atoms with van der Waals surface area (Å²) in [5.41, 5.74) is 0.462. The molecule has 43 heavy (non-hydrogen) atoms. The fraction of sp³-hybridized carbons (Fsp3) is 0.517. The van der Waals surface area contributed by atoms with Gasteiger partial charge in [0.1, 0.15) is 17.7 Å². The summed E-state index contributed by atoms with van der Waals surface area (Å²) in [6, 6.07) is 6.95. The Kier molecular flexibility index (Phi) is 9.00. The third-order valence-corrected chi connectivity index (χ3v) is 10.6. The lowest BCUT2D eigenvalue weighted by Crippen LogP contribution is -2.57. The van der Waals surface area contributed by atoms with Crippen molar-refractivity contribution < 1.29 is 40.7 Å². The maximum atomic E-state index is 15.1. The molecule has 3 fully saturated rings. The van der Waals surface area contributed by atoms with Crippen molar-refractivity contribution >= 4 is 27.7 Å². The number of alkyl halides is 2. The second kappa shape index (κ2) is 12.4. The molecule has 1 saturated carbocycles. The molecule has 2 amide bonds. The lowest BCUT2D eigenvalue weighted by Gasteiger charge is -2.42. The molecule has 234 valence electrons. The highest BCUT2D eigenvalue weighted by molar-refractivity contribution is 7.89.